The van der Waals surface area contributed by atoms with Crippen LogP contribution in [0.15, 0.2) is 53.6 Å². The number of benzene rings is 2. The zero-order valence-electron chi connectivity index (χ0n) is 21.1. The van der Waals surface area contributed by atoms with Gasteiger partial charge in [0.25, 0.3) is 0 Å². The molecule has 0 atom stereocenters. The maximum absolute atomic E-state index is 13.5. The molecule has 0 bridgehead atoms. The molecule has 0 fully saturated rings. The third kappa shape index (κ3) is 4.93. The number of fused-ring (bicyclic) bond motifs is 2. The number of H-pyrrole nitrogens is 1. The topological polar surface area (TPSA) is 93.8 Å². The van der Waals surface area contributed by atoms with Crippen molar-refractivity contribution in [1.82, 2.24) is 14.2 Å². The Morgan fingerprint density at radius 3 is 2.57 bits per heavy atom. The fraction of sp³-hybridized carbons (Fsp3) is 0.385. The molecule has 8 nitrogen and oxygen atoms in total. The van der Waals surface area contributed by atoms with Crippen LogP contribution in [0.4, 0.5) is 10.1 Å². The highest BCUT2D eigenvalue weighted by molar-refractivity contribution is 7.91. The number of aromatic nitrogens is 1. The van der Waals surface area contributed by atoms with Crippen molar-refractivity contribution in [3.8, 4) is 0 Å². The third-order valence-corrected chi connectivity index (χ3v) is 10.3. The summed E-state index contributed by atoms with van der Waals surface area (Å²) in [6.07, 6.45) is 6.00. The molecule has 2 aliphatic heterocycles. The van der Waals surface area contributed by atoms with Crippen molar-refractivity contribution in [2.75, 3.05) is 36.7 Å². The molecule has 0 aliphatic carbocycles. The molecule has 0 saturated carbocycles. The summed E-state index contributed by atoms with van der Waals surface area (Å²) in [5, 5.41) is 0.986. The average molecular weight is 547 g/mol. The number of nitrogens with one attached hydrogen (secondary N) is 1. The molecule has 1 aromatic heterocycles. The highest BCUT2D eigenvalue weighted by Crippen LogP contribution is 2.35. The number of rotatable bonds is 6. The van der Waals surface area contributed by atoms with Gasteiger partial charge in [0, 0.05) is 67.7 Å². The number of nitrogens with zero attached hydrogens (tertiary/aromatic N) is 3. The zero-order valence-corrected chi connectivity index (χ0v) is 22.7. The summed E-state index contributed by atoms with van der Waals surface area (Å²) in [7, 11) is -7.17. The summed E-state index contributed by atoms with van der Waals surface area (Å²) >= 11 is 0. The Kier molecular flexibility index (Phi) is 6.68. The van der Waals surface area contributed by atoms with E-state index in [-0.39, 0.29) is 29.8 Å². The van der Waals surface area contributed by atoms with Crippen LogP contribution < -0.4 is 4.31 Å². The van der Waals surface area contributed by atoms with Crippen LogP contribution in [0.1, 0.15) is 31.4 Å². The van der Waals surface area contributed by atoms with Gasteiger partial charge < -0.3 is 4.98 Å². The molecule has 0 spiro atoms. The smallest absolute Gasteiger partial charge is 0.304 e. The van der Waals surface area contributed by atoms with E-state index in [9.17, 15) is 21.2 Å². The van der Waals surface area contributed by atoms with Gasteiger partial charge in [0.1, 0.15) is 5.82 Å². The summed E-state index contributed by atoms with van der Waals surface area (Å²) in [4.78, 5) is 5.52. The van der Waals surface area contributed by atoms with E-state index < -0.39 is 20.0 Å². The lowest BCUT2D eigenvalue weighted by Crippen LogP contribution is -2.52. The van der Waals surface area contributed by atoms with Crippen LogP contribution >= 0.6 is 0 Å². The summed E-state index contributed by atoms with van der Waals surface area (Å²) < 4.78 is 67.6. The van der Waals surface area contributed by atoms with Crippen LogP contribution in [0.25, 0.3) is 16.5 Å². The second kappa shape index (κ2) is 9.54. The number of aromatic amines is 1. The van der Waals surface area contributed by atoms with Crippen LogP contribution in [-0.4, -0.2) is 69.5 Å². The van der Waals surface area contributed by atoms with E-state index in [4.69, 9.17) is 0 Å². The van der Waals surface area contributed by atoms with Crippen molar-refractivity contribution >= 4 is 42.2 Å². The Morgan fingerprint density at radius 1 is 1.11 bits per heavy atom. The largest absolute Gasteiger partial charge is 0.360 e. The molecule has 3 heterocycles. The normalized spacial score (nSPS) is 18.8. The molecule has 3 aromatic rings. The lowest BCUT2D eigenvalue weighted by molar-refractivity contribution is 0.305. The van der Waals surface area contributed by atoms with Crippen molar-refractivity contribution in [1.29, 1.82) is 0 Å². The second-order valence-electron chi connectivity index (χ2n) is 9.95. The zero-order chi connectivity index (χ0) is 26.5. The van der Waals surface area contributed by atoms with Crippen molar-refractivity contribution in [3.63, 3.8) is 0 Å². The monoisotopic (exact) mass is 546 g/mol. The molecular weight excluding hydrogens is 515 g/mol. The van der Waals surface area contributed by atoms with Crippen molar-refractivity contribution < 1.29 is 21.2 Å². The van der Waals surface area contributed by atoms with Gasteiger partial charge in [0.15, 0.2) is 9.84 Å². The van der Waals surface area contributed by atoms with Gasteiger partial charge >= 0.3 is 10.2 Å². The molecule has 2 aromatic carbocycles. The first-order valence-corrected chi connectivity index (χ1v) is 15.5. The van der Waals surface area contributed by atoms with Crippen LogP contribution in [0.5, 0.6) is 0 Å². The molecule has 1 N–H and O–H groups in total. The minimum absolute atomic E-state index is 0.138. The van der Waals surface area contributed by atoms with E-state index >= 15 is 0 Å². The van der Waals surface area contributed by atoms with Gasteiger partial charge in [-0.1, -0.05) is 6.08 Å². The maximum Gasteiger partial charge on any atom is 0.304 e. The molecule has 5 rings (SSSR count). The fourth-order valence-electron chi connectivity index (χ4n) is 5.10. The molecule has 37 heavy (non-hydrogen) atoms. The van der Waals surface area contributed by atoms with Crippen LogP contribution in [0.3, 0.4) is 0 Å². The Labute approximate surface area is 217 Å². The maximum atomic E-state index is 13.5. The van der Waals surface area contributed by atoms with Crippen molar-refractivity contribution in [2.24, 2.45) is 0 Å². The van der Waals surface area contributed by atoms with Crippen LogP contribution in [0.2, 0.25) is 0 Å². The van der Waals surface area contributed by atoms with Crippen LogP contribution in [-0.2, 0) is 26.6 Å². The Morgan fingerprint density at radius 2 is 1.89 bits per heavy atom. The number of hydrogen-bond donors (Lipinski definition) is 1. The van der Waals surface area contributed by atoms with E-state index in [0.717, 1.165) is 35.7 Å². The summed E-state index contributed by atoms with van der Waals surface area (Å²) in [6, 6.07) is 9.14. The van der Waals surface area contributed by atoms with Crippen LogP contribution in [0, 0.1) is 5.82 Å². The summed E-state index contributed by atoms with van der Waals surface area (Å²) in [5.74, 6) is -0.275. The molecular formula is C26H31FN4O4S2. The summed E-state index contributed by atoms with van der Waals surface area (Å²) in [5.41, 5.74) is 4.23. The molecule has 2 aliphatic rings. The third-order valence-electron chi connectivity index (χ3n) is 7.13. The second-order valence-corrected chi connectivity index (χ2v) is 13.8. The quantitative estimate of drug-likeness (QED) is 0.508. The lowest BCUT2D eigenvalue weighted by Gasteiger charge is -2.40. The highest BCUT2D eigenvalue weighted by atomic mass is 32.2. The Bertz CT molecular complexity index is 1600. The Hall–Kier alpha value is -2.73. The molecule has 0 unspecified atom stereocenters. The molecule has 198 valence electrons. The van der Waals surface area contributed by atoms with E-state index in [1.807, 2.05) is 20.0 Å². The SMILES string of the molecule is CC(C)N1Cc2cc(S(C)(=O)=O)ccc2N(CCN2CC=C(c3c[nH]c4cc(F)ccc34)CC2)S1(=O)=O. The van der Waals surface area contributed by atoms with Gasteiger partial charge in [-0.3, -0.25) is 9.21 Å². The Balaban J connectivity index is 1.36. The van der Waals surface area contributed by atoms with Crippen molar-refractivity contribution in [2.45, 2.75) is 37.8 Å². The number of anilines is 1. The lowest BCUT2D eigenvalue weighted by atomic mass is 9.99. The molecule has 0 radical (unpaired) electrons. The number of hydrogen-bond acceptors (Lipinski definition) is 5. The van der Waals surface area contributed by atoms with Gasteiger partial charge in [-0.15, -0.1) is 0 Å². The minimum atomic E-state index is -3.76. The van der Waals surface area contributed by atoms with E-state index in [1.165, 1.54) is 32.4 Å². The molecule has 11 heteroatoms. The minimum Gasteiger partial charge on any atom is -0.360 e. The van der Waals surface area contributed by atoms with E-state index in [2.05, 4.69) is 16.0 Å². The fourth-order valence-corrected chi connectivity index (χ4v) is 7.60. The van der Waals surface area contributed by atoms with Gasteiger partial charge in [-0.2, -0.15) is 12.7 Å². The highest BCUT2D eigenvalue weighted by Gasteiger charge is 2.38. The van der Waals surface area contributed by atoms with Crippen molar-refractivity contribution in [3.05, 3.63) is 65.6 Å². The van der Waals surface area contributed by atoms with E-state index in [0.29, 0.717) is 24.3 Å². The van der Waals surface area contributed by atoms with Gasteiger partial charge in [0.05, 0.1) is 10.6 Å². The standard InChI is InChI=1S/C26H31FN4O4S2/c1-18(2)31-17-20-14-22(36(3,32)33)5-7-26(20)30(37(31,34)35)13-12-29-10-8-19(9-11-29)24-16-28-25-15-21(27)4-6-23(24)25/h4-8,14-16,18,28H,9-13,17H2,1-3H3. The number of halogens is 1. The first-order valence-electron chi connectivity index (χ1n) is 12.3. The average Bonchev–Trinajstić information content (AvgIpc) is 3.25. The van der Waals surface area contributed by atoms with Gasteiger partial charge in [-0.25, -0.2) is 12.8 Å². The first-order chi connectivity index (χ1) is 17.4. The summed E-state index contributed by atoms with van der Waals surface area (Å²) in [6.45, 7) is 5.99. The van der Waals surface area contributed by atoms with Gasteiger partial charge in [0.2, 0.25) is 0 Å². The predicted octanol–water partition coefficient (Wildman–Crippen LogP) is 3.78. The van der Waals surface area contributed by atoms with Gasteiger partial charge in [-0.05, 0) is 67.8 Å². The number of sulfone groups is 1. The first kappa shape index (κ1) is 25.9. The molecule has 0 saturated heterocycles. The molecule has 0 amide bonds. The predicted molar refractivity (Wildman–Crippen MR) is 144 cm³/mol. The van der Waals surface area contributed by atoms with E-state index in [1.54, 1.807) is 18.2 Å².